The van der Waals surface area contributed by atoms with E-state index in [1.165, 1.54) is 11.4 Å². The molecule has 3 rings (SSSR count). The summed E-state index contributed by atoms with van der Waals surface area (Å²) in [7, 11) is 1.65. The van der Waals surface area contributed by atoms with Crippen LogP contribution in [0.15, 0.2) is 48.4 Å². The van der Waals surface area contributed by atoms with Crippen LogP contribution in [0.4, 0.5) is 0 Å². The molecule has 204 valence electrons. The number of aromatic nitrogens is 1. The maximum Gasteiger partial charge on any atom is 0.312 e. The summed E-state index contributed by atoms with van der Waals surface area (Å²) in [4.78, 5) is 18.8. The van der Waals surface area contributed by atoms with E-state index in [4.69, 9.17) is 21.1 Å². The Balaban J connectivity index is 0.00000153. The van der Waals surface area contributed by atoms with Gasteiger partial charge in [-0.25, -0.2) is 5.84 Å². The third-order valence-corrected chi connectivity index (χ3v) is 5.95. The highest BCUT2D eigenvalue weighted by Crippen LogP contribution is 2.38. The van der Waals surface area contributed by atoms with Crippen LogP contribution < -0.4 is 16.3 Å². The van der Waals surface area contributed by atoms with Crippen LogP contribution in [0.1, 0.15) is 62.6 Å². The molecule has 1 unspecified atom stereocenters. The number of ether oxygens (including phenoxy) is 2. The van der Waals surface area contributed by atoms with E-state index in [-0.39, 0.29) is 6.61 Å². The van der Waals surface area contributed by atoms with Gasteiger partial charge in [0.15, 0.2) is 0 Å². The minimum absolute atomic E-state index is 0.0536. The summed E-state index contributed by atoms with van der Waals surface area (Å²) in [5.74, 6) is 5.49. The molecule has 9 nitrogen and oxygen atoms in total. The molecule has 1 atom stereocenters. The van der Waals surface area contributed by atoms with Crippen LogP contribution in [-0.2, 0) is 22.6 Å². The predicted octanol–water partition coefficient (Wildman–Crippen LogP) is 3.98. The van der Waals surface area contributed by atoms with Gasteiger partial charge in [0.2, 0.25) is 0 Å². The van der Waals surface area contributed by atoms with E-state index < -0.39 is 17.5 Å². The first-order chi connectivity index (χ1) is 17.5. The second kappa shape index (κ2) is 14.0. The molecule has 2 aromatic rings. The van der Waals surface area contributed by atoms with Crippen molar-refractivity contribution in [2.45, 2.75) is 60.2 Å². The third-order valence-electron chi connectivity index (χ3n) is 5.95. The average molecular weight is 514 g/mol. The zero-order valence-corrected chi connectivity index (χ0v) is 23.0. The molecule has 0 bridgehead atoms. The highest BCUT2D eigenvalue weighted by Gasteiger charge is 2.39. The van der Waals surface area contributed by atoms with Crippen molar-refractivity contribution in [3.8, 4) is 5.75 Å². The molecular formula is C28H43N5O4. The van der Waals surface area contributed by atoms with Crippen molar-refractivity contribution in [3.63, 3.8) is 0 Å². The van der Waals surface area contributed by atoms with Gasteiger partial charge in [0.25, 0.3) is 0 Å². The molecule has 0 saturated heterocycles. The van der Waals surface area contributed by atoms with Crippen LogP contribution in [0.2, 0.25) is 0 Å². The lowest BCUT2D eigenvalue weighted by Gasteiger charge is -2.32. The molecule has 0 saturated carbocycles. The van der Waals surface area contributed by atoms with Crippen molar-refractivity contribution in [3.05, 3.63) is 70.8 Å². The molecule has 1 aromatic carbocycles. The maximum absolute atomic E-state index is 12.1. The van der Waals surface area contributed by atoms with Crippen LogP contribution in [0.3, 0.4) is 0 Å². The highest BCUT2D eigenvalue weighted by atomic mass is 16.5. The quantitative estimate of drug-likeness (QED) is 0.337. The zero-order chi connectivity index (χ0) is 27.6. The van der Waals surface area contributed by atoms with Gasteiger partial charge in [0, 0.05) is 39.1 Å². The summed E-state index contributed by atoms with van der Waals surface area (Å²) in [6.45, 7) is 12.4. The predicted molar refractivity (Wildman–Crippen MR) is 145 cm³/mol. The molecule has 1 aliphatic heterocycles. The van der Waals surface area contributed by atoms with Crippen molar-refractivity contribution in [2.24, 2.45) is 17.0 Å². The van der Waals surface area contributed by atoms with Crippen LogP contribution in [0.25, 0.3) is 0 Å². The number of aliphatic carboxylic acids is 1. The van der Waals surface area contributed by atoms with Gasteiger partial charge in [-0.1, -0.05) is 38.5 Å². The summed E-state index contributed by atoms with van der Waals surface area (Å²) in [5, 5.41) is 11.2. The van der Waals surface area contributed by atoms with Crippen molar-refractivity contribution < 1.29 is 19.4 Å². The number of rotatable bonds is 9. The van der Waals surface area contributed by atoms with E-state index in [0.717, 1.165) is 34.7 Å². The van der Waals surface area contributed by atoms with Gasteiger partial charge in [-0.05, 0) is 49.6 Å². The Morgan fingerprint density at radius 1 is 1.35 bits per heavy atom. The molecule has 1 aromatic heterocycles. The molecule has 5 N–H and O–H groups in total. The summed E-state index contributed by atoms with van der Waals surface area (Å²) >= 11 is 0. The number of benzene rings is 1. The molecule has 0 amide bonds. The Hall–Kier alpha value is -3.14. The number of hydrogen-bond donors (Lipinski definition) is 3. The topological polar surface area (TPSA) is 127 Å². The SMILES string of the molecule is CCC.Cc1ccc(C(OC/C(N)=C/N(C)N)C(C)(C)C(=O)O)cc1CN1CCOc2cccnc2C1. The van der Waals surface area contributed by atoms with Crippen LogP contribution in [-0.4, -0.2) is 52.8 Å². The number of nitrogens with two attached hydrogens (primary N) is 2. The fraction of sp³-hybridized carbons (Fsp3) is 0.500. The van der Waals surface area contributed by atoms with E-state index in [0.29, 0.717) is 25.4 Å². The number of hydrazine groups is 1. The van der Waals surface area contributed by atoms with E-state index in [9.17, 15) is 9.90 Å². The second-order valence-electron chi connectivity index (χ2n) is 9.99. The Bertz CT molecular complexity index is 1050. The molecule has 2 heterocycles. The summed E-state index contributed by atoms with van der Waals surface area (Å²) in [6.07, 6.45) is 3.85. The summed E-state index contributed by atoms with van der Waals surface area (Å²) in [5.41, 5.74) is 9.12. The fourth-order valence-corrected chi connectivity index (χ4v) is 3.96. The number of carboxylic acid groups (broad SMARTS) is 1. The molecular weight excluding hydrogens is 470 g/mol. The fourth-order valence-electron chi connectivity index (χ4n) is 3.96. The van der Waals surface area contributed by atoms with Gasteiger partial charge >= 0.3 is 5.97 Å². The number of pyridine rings is 1. The van der Waals surface area contributed by atoms with Crippen molar-refractivity contribution in [1.82, 2.24) is 14.9 Å². The van der Waals surface area contributed by atoms with Gasteiger partial charge in [0.1, 0.15) is 12.4 Å². The van der Waals surface area contributed by atoms with Gasteiger partial charge < -0.3 is 25.3 Å². The highest BCUT2D eigenvalue weighted by molar-refractivity contribution is 5.74. The first-order valence-electron chi connectivity index (χ1n) is 12.7. The van der Waals surface area contributed by atoms with Crippen LogP contribution >= 0.6 is 0 Å². The monoisotopic (exact) mass is 513 g/mol. The number of fused-ring (bicyclic) bond motifs is 1. The normalized spacial score (nSPS) is 14.9. The maximum atomic E-state index is 12.1. The lowest BCUT2D eigenvalue weighted by Crippen LogP contribution is -2.34. The van der Waals surface area contributed by atoms with E-state index in [2.05, 4.69) is 30.7 Å². The van der Waals surface area contributed by atoms with Gasteiger partial charge in [-0.3, -0.25) is 14.7 Å². The van der Waals surface area contributed by atoms with E-state index in [1.807, 2.05) is 30.3 Å². The van der Waals surface area contributed by atoms with Crippen molar-refractivity contribution >= 4 is 5.97 Å². The number of hydrogen-bond acceptors (Lipinski definition) is 8. The van der Waals surface area contributed by atoms with Crippen molar-refractivity contribution in [2.75, 3.05) is 26.8 Å². The minimum Gasteiger partial charge on any atom is -0.490 e. The molecule has 0 aliphatic carbocycles. The average Bonchev–Trinajstić information content (AvgIpc) is 3.02. The molecule has 37 heavy (non-hydrogen) atoms. The molecule has 1 aliphatic rings. The molecule has 9 heteroatoms. The molecule has 0 fully saturated rings. The standard InChI is InChI=1S/C25H35N5O4.C3H8/c1-17-7-8-18(23(25(2,3)24(31)32)34-16-20(26)14-29(4)27)12-19(17)13-30-10-11-33-22-6-5-9-28-21(22)15-30;1-3-2/h5-9,12,14,23H,10-11,13,15-16,26-27H2,1-4H3,(H,31,32);3H2,1-2H3/b20-14-;. The number of carboxylic acids is 1. The van der Waals surface area contributed by atoms with Gasteiger partial charge in [-0.15, -0.1) is 0 Å². The van der Waals surface area contributed by atoms with Gasteiger partial charge in [-0.2, -0.15) is 0 Å². The largest absolute Gasteiger partial charge is 0.490 e. The Kier molecular flexibility index (Phi) is 11.4. The van der Waals surface area contributed by atoms with E-state index >= 15 is 0 Å². The Labute approximate surface area is 221 Å². The zero-order valence-electron chi connectivity index (χ0n) is 23.0. The lowest BCUT2D eigenvalue weighted by molar-refractivity contribution is -0.156. The van der Waals surface area contributed by atoms with Crippen LogP contribution in [0.5, 0.6) is 5.75 Å². The Morgan fingerprint density at radius 3 is 2.70 bits per heavy atom. The summed E-state index contributed by atoms with van der Waals surface area (Å²) in [6, 6.07) is 9.78. The third kappa shape index (κ3) is 8.73. The Morgan fingerprint density at radius 2 is 2.05 bits per heavy atom. The van der Waals surface area contributed by atoms with Crippen molar-refractivity contribution in [1.29, 1.82) is 0 Å². The summed E-state index contributed by atoms with van der Waals surface area (Å²) < 4.78 is 11.9. The molecule has 0 spiro atoms. The first kappa shape index (κ1) is 30.1. The first-order valence-corrected chi connectivity index (χ1v) is 12.7. The van der Waals surface area contributed by atoms with Crippen LogP contribution in [0, 0.1) is 12.3 Å². The van der Waals surface area contributed by atoms with E-state index in [1.54, 1.807) is 33.3 Å². The lowest BCUT2D eigenvalue weighted by atomic mass is 9.81. The molecule has 0 radical (unpaired) electrons. The van der Waals surface area contributed by atoms with Gasteiger partial charge in [0.05, 0.1) is 29.5 Å². The minimum atomic E-state index is -1.18. The number of nitrogens with zero attached hydrogens (tertiary/aromatic N) is 3. The second-order valence-corrected chi connectivity index (χ2v) is 9.99. The smallest absolute Gasteiger partial charge is 0.312 e. The number of carbonyl (C=O) groups is 1. The number of aryl methyl sites for hydroxylation is 1.